The summed E-state index contributed by atoms with van der Waals surface area (Å²) in [5.41, 5.74) is 1.38. The molecule has 0 atom stereocenters. The maximum Gasteiger partial charge on any atom is 0.0907 e. The van der Waals surface area contributed by atoms with Crippen LogP contribution >= 0.6 is 27.5 Å². The maximum absolute atomic E-state index is 10.2. The summed E-state index contributed by atoms with van der Waals surface area (Å²) in [5, 5.41) is 10.9. The number of hydrogen-bond acceptors (Lipinski definition) is 1. The van der Waals surface area contributed by atoms with Crippen LogP contribution in [-0.4, -0.2) is 5.11 Å². The van der Waals surface area contributed by atoms with Crippen molar-refractivity contribution >= 4 is 27.5 Å². The molecule has 14 heavy (non-hydrogen) atoms. The van der Waals surface area contributed by atoms with E-state index in [0.29, 0.717) is 0 Å². The monoisotopic (exact) mass is 274 g/mol. The molecule has 1 aliphatic rings. The highest BCUT2D eigenvalue weighted by Crippen LogP contribution is 2.44. The summed E-state index contributed by atoms with van der Waals surface area (Å²) in [6.07, 6.45) is 2.81. The van der Waals surface area contributed by atoms with Gasteiger partial charge >= 0.3 is 0 Å². The van der Waals surface area contributed by atoms with Crippen molar-refractivity contribution in [3.05, 3.63) is 32.8 Å². The molecular weight excluding hydrogens is 263 g/mol. The van der Waals surface area contributed by atoms with Crippen molar-refractivity contribution in [2.75, 3.05) is 0 Å². The minimum Gasteiger partial charge on any atom is -0.385 e. The topological polar surface area (TPSA) is 20.2 Å². The van der Waals surface area contributed by atoms with Gasteiger partial charge in [0, 0.05) is 9.50 Å². The Kier molecular flexibility index (Phi) is 2.63. The minimum atomic E-state index is -0.617. The predicted octanol–water partition coefficient (Wildman–Crippen LogP) is 3.78. The van der Waals surface area contributed by atoms with E-state index >= 15 is 0 Å². The fourth-order valence-electron chi connectivity index (χ4n) is 1.79. The number of aliphatic hydroxyl groups is 1. The zero-order chi connectivity index (χ0) is 10.3. The van der Waals surface area contributed by atoms with E-state index in [1.165, 1.54) is 0 Å². The van der Waals surface area contributed by atoms with Gasteiger partial charge < -0.3 is 5.11 Å². The molecule has 1 fully saturated rings. The molecule has 3 heteroatoms. The van der Waals surface area contributed by atoms with Crippen molar-refractivity contribution in [1.29, 1.82) is 0 Å². The molecule has 0 unspecified atom stereocenters. The van der Waals surface area contributed by atoms with E-state index in [4.69, 9.17) is 11.6 Å². The van der Waals surface area contributed by atoms with Crippen molar-refractivity contribution in [1.82, 2.24) is 0 Å². The molecule has 0 spiro atoms. The molecule has 1 saturated carbocycles. The predicted molar refractivity (Wildman–Crippen MR) is 61.6 cm³/mol. The molecule has 1 aromatic rings. The Bertz CT molecular complexity index is 372. The van der Waals surface area contributed by atoms with Gasteiger partial charge in [-0.2, -0.15) is 0 Å². The molecule has 0 radical (unpaired) electrons. The summed E-state index contributed by atoms with van der Waals surface area (Å²) < 4.78 is 0.912. The van der Waals surface area contributed by atoms with E-state index in [1.54, 1.807) is 0 Å². The first-order chi connectivity index (χ1) is 6.53. The molecule has 76 valence electrons. The number of rotatable bonds is 1. The summed E-state index contributed by atoms with van der Waals surface area (Å²) in [4.78, 5) is 0. The molecule has 1 nitrogen and oxygen atoms in total. The Morgan fingerprint density at radius 3 is 2.57 bits per heavy atom. The van der Waals surface area contributed by atoms with Gasteiger partial charge in [-0.3, -0.25) is 0 Å². The molecular formula is C11H12BrClO. The zero-order valence-electron chi connectivity index (χ0n) is 7.98. The smallest absolute Gasteiger partial charge is 0.0907 e. The lowest BCUT2D eigenvalue weighted by atomic mass is 9.75. The number of benzene rings is 1. The lowest BCUT2D eigenvalue weighted by molar-refractivity contribution is -0.0394. The van der Waals surface area contributed by atoms with Crippen LogP contribution in [0.4, 0.5) is 0 Å². The van der Waals surface area contributed by atoms with Crippen LogP contribution in [0, 0.1) is 6.92 Å². The molecule has 1 aromatic carbocycles. The van der Waals surface area contributed by atoms with Crippen molar-refractivity contribution in [3.63, 3.8) is 0 Å². The quantitative estimate of drug-likeness (QED) is 0.827. The first-order valence-corrected chi connectivity index (χ1v) is 5.88. The van der Waals surface area contributed by atoms with Crippen molar-refractivity contribution < 1.29 is 5.11 Å². The van der Waals surface area contributed by atoms with Gasteiger partial charge in [-0.25, -0.2) is 0 Å². The van der Waals surface area contributed by atoms with Crippen LogP contribution in [0.3, 0.4) is 0 Å². The lowest BCUT2D eigenvalue weighted by Crippen LogP contribution is -2.34. The first kappa shape index (κ1) is 10.5. The second-order valence-electron chi connectivity index (χ2n) is 3.97. The van der Waals surface area contributed by atoms with Crippen molar-refractivity contribution in [2.24, 2.45) is 0 Å². The molecule has 2 rings (SSSR count). The summed E-state index contributed by atoms with van der Waals surface area (Å²) >= 11 is 9.43. The highest BCUT2D eigenvalue weighted by atomic mass is 79.9. The largest absolute Gasteiger partial charge is 0.385 e. The normalized spacial score (nSPS) is 19.1. The van der Waals surface area contributed by atoms with Gasteiger partial charge in [0.15, 0.2) is 0 Å². The van der Waals surface area contributed by atoms with Crippen LogP contribution in [0.5, 0.6) is 0 Å². The van der Waals surface area contributed by atoms with Crippen LogP contribution in [-0.2, 0) is 5.60 Å². The third-order valence-electron chi connectivity index (χ3n) is 2.93. The highest BCUT2D eigenvalue weighted by Gasteiger charge is 2.37. The summed E-state index contributed by atoms with van der Waals surface area (Å²) in [7, 11) is 0. The third-order valence-corrected chi connectivity index (χ3v) is 3.99. The van der Waals surface area contributed by atoms with Gasteiger partial charge in [-0.05, 0) is 43.4 Å². The van der Waals surface area contributed by atoms with Gasteiger partial charge in [0.05, 0.1) is 5.60 Å². The second kappa shape index (κ2) is 3.51. The van der Waals surface area contributed by atoms with E-state index < -0.39 is 5.60 Å². The number of aryl methyl sites for hydroxylation is 1. The summed E-state index contributed by atoms with van der Waals surface area (Å²) in [5.74, 6) is 0. The molecule has 0 amide bonds. The van der Waals surface area contributed by atoms with Crippen molar-refractivity contribution in [3.8, 4) is 0 Å². The Morgan fingerprint density at radius 1 is 1.43 bits per heavy atom. The molecule has 0 heterocycles. The van der Waals surface area contributed by atoms with Crippen LogP contribution in [0.25, 0.3) is 0 Å². The fraction of sp³-hybridized carbons (Fsp3) is 0.455. The van der Waals surface area contributed by atoms with Gasteiger partial charge in [0.1, 0.15) is 0 Å². The van der Waals surface area contributed by atoms with E-state index in [1.807, 2.05) is 19.1 Å². The fourth-order valence-corrected chi connectivity index (χ4v) is 2.80. The summed E-state index contributed by atoms with van der Waals surface area (Å²) in [6, 6.07) is 3.84. The van der Waals surface area contributed by atoms with Gasteiger partial charge in [0.2, 0.25) is 0 Å². The molecule has 0 bridgehead atoms. The van der Waals surface area contributed by atoms with Crippen LogP contribution in [0.15, 0.2) is 16.6 Å². The second-order valence-corrected chi connectivity index (χ2v) is 5.23. The van der Waals surface area contributed by atoms with Gasteiger partial charge in [-0.15, -0.1) is 0 Å². The zero-order valence-corrected chi connectivity index (χ0v) is 10.3. The first-order valence-electron chi connectivity index (χ1n) is 4.71. The van der Waals surface area contributed by atoms with E-state index in [9.17, 15) is 5.11 Å². The van der Waals surface area contributed by atoms with E-state index in [-0.39, 0.29) is 0 Å². The van der Waals surface area contributed by atoms with Crippen LogP contribution in [0.1, 0.15) is 30.4 Å². The molecule has 1 N–H and O–H groups in total. The maximum atomic E-state index is 10.2. The van der Waals surface area contributed by atoms with Crippen LogP contribution in [0.2, 0.25) is 5.02 Å². The molecule has 0 saturated heterocycles. The minimum absolute atomic E-state index is 0.617. The molecule has 1 aliphatic carbocycles. The SMILES string of the molecule is Cc1cc(C2(O)CCC2)c(Br)cc1Cl. The van der Waals surface area contributed by atoms with Gasteiger partial charge in [0.25, 0.3) is 0 Å². The Morgan fingerprint density at radius 2 is 2.07 bits per heavy atom. The standard InChI is InChI=1S/C11H12BrClO/c1-7-5-8(9(12)6-10(7)13)11(14)3-2-4-11/h5-6,14H,2-4H2,1H3. The Labute approximate surface area is 97.2 Å². The third kappa shape index (κ3) is 1.60. The molecule has 0 aromatic heterocycles. The Balaban J connectivity index is 2.48. The van der Waals surface area contributed by atoms with Gasteiger partial charge in [-0.1, -0.05) is 33.6 Å². The number of halogens is 2. The van der Waals surface area contributed by atoms with Crippen LogP contribution < -0.4 is 0 Å². The number of hydrogen-bond donors (Lipinski definition) is 1. The van der Waals surface area contributed by atoms with Crippen molar-refractivity contribution in [2.45, 2.75) is 31.8 Å². The highest BCUT2D eigenvalue weighted by molar-refractivity contribution is 9.10. The van der Waals surface area contributed by atoms with E-state index in [2.05, 4.69) is 15.9 Å². The van der Waals surface area contributed by atoms with E-state index in [0.717, 1.165) is 39.9 Å². The average molecular weight is 276 g/mol. The lowest BCUT2D eigenvalue weighted by Gasteiger charge is -2.38. The average Bonchev–Trinajstić information content (AvgIpc) is 2.07. The summed E-state index contributed by atoms with van der Waals surface area (Å²) in [6.45, 7) is 1.96. The Hall–Kier alpha value is -0.0500. The molecule has 0 aliphatic heterocycles.